The molecule has 0 radical (unpaired) electrons. The van der Waals surface area contributed by atoms with Crippen molar-refractivity contribution in [2.75, 3.05) is 45.1 Å². The minimum atomic E-state index is 0.0872. The van der Waals surface area contributed by atoms with Crippen molar-refractivity contribution in [3.63, 3.8) is 0 Å². The van der Waals surface area contributed by atoms with Gasteiger partial charge in [0, 0.05) is 44.2 Å². The average molecular weight is 333 g/mol. The summed E-state index contributed by atoms with van der Waals surface area (Å²) < 4.78 is 5.73. The monoisotopic (exact) mass is 333 g/mol. The van der Waals surface area contributed by atoms with Crippen LogP contribution in [0, 0.1) is 6.92 Å². The number of pyridine rings is 1. The molecule has 1 spiro atoms. The van der Waals surface area contributed by atoms with Crippen LogP contribution in [0.5, 0.6) is 0 Å². The number of hydrogen-bond acceptors (Lipinski definition) is 5. The summed E-state index contributed by atoms with van der Waals surface area (Å²) >= 11 is 2.06. The molecule has 3 aliphatic heterocycles. The van der Waals surface area contributed by atoms with Crippen LogP contribution in [0.4, 0.5) is 0 Å². The van der Waals surface area contributed by atoms with Crippen molar-refractivity contribution in [1.82, 2.24) is 14.8 Å². The molecule has 5 nitrogen and oxygen atoms in total. The summed E-state index contributed by atoms with van der Waals surface area (Å²) in [5, 5.41) is 0. The Morgan fingerprint density at radius 1 is 1.39 bits per heavy atom. The number of aromatic nitrogens is 1. The molecule has 1 atom stereocenters. The predicted molar refractivity (Wildman–Crippen MR) is 90.9 cm³/mol. The number of aryl methyl sites for hydroxylation is 1. The van der Waals surface area contributed by atoms with Crippen LogP contribution in [0.2, 0.25) is 0 Å². The number of likely N-dealkylation sites (tertiary alicyclic amines) is 1. The smallest absolute Gasteiger partial charge is 0.272 e. The van der Waals surface area contributed by atoms with Gasteiger partial charge in [0.1, 0.15) is 5.69 Å². The number of morpholine rings is 1. The van der Waals surface area contributed by atoms with Gasteiger partial charge in [-0.1, -0.05) is 6.07 Å². The molecule has 3 aliphatic rings. The predicted octanol–water partition coefficient (Wildman–Crippen LogP) is 1.42. The third-order valence-corrected chi connectivity index (χ3v) is 6.80. The van der Waals surface area contributed by atoms with E-state index in [0.717, 1.165) is 45.0 Å². The van der Waals surface area contributed by atoms with Crippen molar-refractivity contribution in [3.8, 4) is 0 Å². The third kappa shape index (κ3) is 2.88. The molecule has 124 valence electrons. The van der Waals surface area contributed by atoms with Gasteiger partial charge in [-0.3, -0.25) is 14.7 Å². The van der Waals surface area contributed by atoms with E-state index in [1.165, 1.54) is 12.2 Å². The fraction of sp³-hybridized carbons (Fsp3) is 0.647. The lowest BCUT2D eigenvalue weighted by atomic mass is 9.91. The van der Waals surface area contributed by atoms with Gasteiger partial charge in [-0.15, -0.1) is 11.8 Å². The topological polar surface area (TPSA) is 45.7 Å². The third-order valence-electron chi connectivity index (χ3n) is 5.21. The molecule has 3 fully saturated rings. The second-order valence-corrected chi connectivity index (χ2v) is 8.32. The first-order valence-electron chi connectivity index (χ1n) is 8.34. The fourth-order valence-corrected chi connectivity index (χ4v) is 5.55. The number of ether oxygens (including phenoxy) is 1. The van der Waals surface area contributed by atoms with Gasteiger partial charge in [0.25, 0.3) is 5.91 Å². The Kier molecular flexibility index (Phi) is 4.07. The largest absolute Gasteiger partial charge is 0.379 e. The van der Waals surface area contributed by atoms with Crippen LogP contribution in [0.25, 0.3) is 0 Å². The second kappa shape index (κ2) is 6.07. The van der Waals surface area contributed by atoms with Crippen LogP contribution in [0.15, 0.2) is 18.3 Å². The van der Waals surface area contributed by atoms with E-state index >= 15 is 0 Å². The molecule has 23 heavy (non-hydrogen) atoms. The van der Waals surface area contributed by atoms with E-state index < -0.39 is 0 Å². The molecule has 4 rings (SSSR count). The molecule has 1 unspecified atom stereocenters. The molecule has 0 saturated carbocycles. The molecule has 0 aliphatic carbocycles. The normalized spacial score (nSPS) is 27.2. The fourth-order valence-electron chi connectivity index (χ4n) is 3.87. The summed E-state index contributed by atoms with van der Waals surface area (Å²) in [6.07, 6.45) is 2.90. The summed E-state index contributed by atoms with van der Waals surface area (Å²) in [5.74, 6) is 1.27. The first-order chi connectivity index (χ1) is 11.2. The molecule has 1 aromatic rings. The Morgan fingerprint density at radius 2 is 2.17 bits per heavy atom. The lowest BCUT2D eigenvalue weighted by Gasteiger charge is -2.47. The zero-order chi connectivity index (χ0) is 15.9. The summed E-state index contributed by atoms with van der Waals surface area (Å²) in [4.78, 5) is 21.4. The van der Waals surface area contributed by atoms with Gasteiger partial charge in [0.2, 0.25) is 0 Å². The molecule has 1 amide bonds. The Labute approximate surface area is 141 Å². The maximum absolute atomic E-state index is 12.6. The van der Waals surface area contributed by atoms with Gasteiger partial charge in [-0.2, -0.15) is 0 Å². The van der Waals surface area contributed by atoms with Crippen LogP contribution in [-0.2, 0) is 4.74 Å². The van der Waals surface area contributed by atoms with Crippen molar-refractivity contribution in [2.45, 2.75) is 24.1 Å². The van der Waals surface area contributed by atoms with E-state index in [1.54, 1.807) is 6.20 Å². The quantitative estimate of drug-likeness (QED) is 0.819. The summed E-state index contributed by atoms with van der Waals surface area (Å²) in [7, 11) is 0. The molecular weight excluding hydrogens is 310 g/mol. The Hall–Kier alpha value is -1.11. The Balaban J connectivity index is 1.36. The standard InChI is InChI=1S/C17H23N3O2S/c1-13-3-2-4-18-15(13)16(21)20-11-17(12-20)9-14(10-23-17)19-5-7-22-8-6-19/h2-4,14H,5-12H2,1H3. The molecule has 0 N–H and O–H groups in total. The lowest BCUT2D eigenvalue weighted by Crippen LogP contribution is -2.61. The number of nitrogens with zero attached hydrogens (tertiary/aromatic N) is 3. The van der Waals surface area contributed by atoms with E-state index in [4.69, 9.17) is 4.74 Å². The minimum Gasteiger partial charge on any atom is -0.379 e. The van der Waals surface area contributed by atoms with Crippen molar-refractivity contribution in [2.24, 2.45) is 0 Å². The van der Waals surface area contributed by atoms with E-state index in [2.05, 4.69) is 21.6 Å². The molecular formula is C17H23N3O2S. The molecule has 4 heterocycles. The van der Waals surface area contributed by atoms with Gasteiger partial charge in [0.15, 0.2) is 0 Å². The van der Waals surface area contributed by atoms with Crippen LogP contribution in [-0.4, -0.2) is 76.6 Å². The minimum absolute atomic E-state index is 0.0872. The van der Waals surface area contributed by atoms with E-state index in [9.17, 15) is 4.79 Å². The van der Waals surface area contributed by atoms with Gasteiger partial charge in [0.05, 0.1) is 18.0 Å². The van der Waals surface area contributed by atoms with Gasteiger partial charge >= 0.3 is 0 Å². The maximum Gasteiger partial charge on any atom is 0.272 e. The van der Waals surface area contributed by atoms with Gasteiger partial charge < -0.3 is 9.64 Å². The summed E-state index contributed by atoms with van der Waals surface area (Å²) in [5.41, 5.74) is 1.57. The van der Waals surface area contributed by atoms with Gasteiger partial charge in [-0.25, -0.2) is 0 Å². The van der Waals surface area contributed by atoms with Crippen LogP contribution < -0.4 is 0 Å². The van der Waals surface area contributed by atoms with Crippen LogP contribution in [0.3, 0.4) is 0 Å². The molecule has 0 bridgehead atoms. The highest BCUT2D eigenvalue weighted by Gasteiger charge is 2.51. The zero-order valence-corrected chi connectivity index (χ0v) is 14.3. The lowest BCUT2D eigenvalue weighted by molar-refractivity contribution is 0.0136. The zero-order valence-electron chi connectivity index (χ0n) is 13.5. The number of thioether (sulfide) groups is 1. The summed E-state index contributed by atoms with van der Waals surface area (Å²) in [6, 6.07) is 4.48. The number of amides is 1. The summed E-state index contributed by atoms with van der Waals surface area (Å²) in [6.45, 7) is 7.51. The molecule has 3 saturated heterocycles. The second-order valence-electron chi connectivity index (χ2n) is 6.83. The number of carbonyl (C=O) groups excluding carboxylic acids is 1. The van der Waals surface area contributed by atoms with Crippen molar-refractivity contribution in [3.05, 3.63) is 29.6 Å². The number of carbonyl (C=O) groups is 1. The number of rotatable bonds is 2. The van der Waals surface area contributed by atoms with Crippen LogP contribution in [0.1, 0.15) is 22.5 Å². The van der Waals surface area contributed by atoms with Crippen molar-refractivity contribution >= 4 is 17.7 Å². The highest BCUT2D eigenvalue weighted by Crippen LogP contribution is 2.46. The van der Waals surface area contributed by atoms with Crippen LogP contribution >= 0.6 is 11.8 Å². The highest BCUT2D eigenvalue weighted by atomic mass is 32.2. The maximum atomic E-state index is 12.6. The SMILES string of the molecule is Cc1cccnc1C(=O)N1CC2(CC(N3CCOCC3)CS2)C1. The highest BCUT2D eigenvalue weighted by molar-refractivity contribution is 8.01. The molecule has 6 heteroatoms. The van der Waals surface area contributed by atoms with E-state index in [0.29, 0.717) is 11.7 Å². The Bertz CT molecular complexity index is 597. The molecule has 0 aromatic carbocycles. The first-order valence-corrected chi connectivity index (χ1v) is 9.32. The van der Waals surface area contributed by atoms with E-state index in [1.807, 2.05) is 24.0 Å². The Morgan fingerprint density at radius 3 is 2.91 bits per heavy atom. The van der Waals surface area contributed by atoms with Crippen molar-refractivity contribution in [1.29, 1.82) is 0 Å². The first kappa shape index (κ1) is 15.4. The number of hydrogen-bond donors (Lipinski definition) is 0. The van der Waals surface area contributed by atoms with E-state index in [-0.39, 0.29) is 10.7 Å². The average Bonchev–Trinajstić information content (AvgIpc) is 3.00. The van der Waals surface area contributed by atoms with Crippen molar-refractivity contribution < 1.29 is 9.53 Å². The van der Waals surface area contributed by atoms with Gasteiger partial charge in [-0.05, 0) is 25.0 Å². The molecule has 1 aromatic heterocycles.